The molecular formula is C22H21N3O4. The van der Waals surface area contributed by atoms with E-state index in [0.717, 1.165) is 13.1 Å². The summed E-state index contributed by atoms with van der Waals surface area (Å²) in [5.74, 6) is -0.575. The smallest absolute Gasteiger partial charge is 0.349 e. The van der Waals surface area contributed by atoms with Crippen LogP contribution >= 0.6 is 0 Å². The Bertz CT molecular complexity index is 1110. The third-order valence-corrected chi connectivity index (χ3v) is 5.07. The predicted molar refractivity (Wildman–Crippen MR) is 110 cm³/mol. The van der Waals surface area contributed by atoms with Gasteiger partial charge in [0.15, 0.2) is 0 Å². The van der Waals surface area contributed by atoms with Gasteiger partial charge in [0.2, 0.25) is 0 Å². The van der Waals surface area contributed by atoms with Gasteiger partial charge < -0.3 is 19.5 Å². The molecule has 0 atom stereocenters. The van der Waals surface area contributed by atoms with Crippen LogP contribution in [0.4, 0.5) is 5.69 Å². The molecule has 7 nitrogen and oxygen atoms in total. The fourth-order valence-electron chi connectivity index (χ4n) is 3.31. The number of hydrogen-bond acceptors (Lipinski definition) is 5. The van der Waals surface area contributed by atoms with Crippen molar-refractivity contribution in [2.75, 3.05) is 38.5 Å². The zero-order valence-corrected chi connectivity index (χ0v) is 16.1. The van der Waals surface area contributed by atoms with E-state index in [1.54, 1.807) is 48.5 Å². The molecule has 0 saturated carbocycles. The van der Waals surface area contributed by atoms with Crippen LogP contribution in [-0.2, 0) is 0 Å². The number of nitrogens with zero attached hydrogens (tertiary/aromatic N) is 2. The lowest BCUT2D eigenvalue weighted by Gasteiger charge is -2.32. The van der Waals surface area contributed by atoms with E-state index >= 15 is 0 Å². The number of piperazine rings is 1. The molecule has 0 bridgehead atoms. The van der Waals surface area contributed by atoms with Crippen molar-refractivity contribution in [3.8, 4) is 0 Å². The van der Waals surface area contributed by atoms with E-state index in [0.29, 0.717) is 35.3 Å². The fraction of sp³-hybridized carbons (Fsp3) is 0.227. The molecular weight excluding hydrogens is 370 g/mol. The number of benzene rings is 2. The first-order valence-corrected chi connectivity index (χ1v) is 9.43. The molecule has 7 heteroatoms. The molecule has 3 aromatic rings. The number of carbonyl (C=O) groups excluding carboxylic acids is 2. The number of likely N-dealkylation sites (N-methyl/N-ethyl adjacent to an activating group) is 1. The second-order valence-electron chi connectivity index (χ2n) is 7.11. The van der Waals surface area contributed by atoms with Gasteiger partial charge in [0.05, 0.1) is 0 Å². The molecule has 0 unspecified atom stereocenters. The molecule has 1 aromatic heterocycles. The molecule has 29 heavy (non-hydrogen) atoms. The molecule has 0 aliphatic carbocycles. The van der Waals surface area contributed by atoms with Gasteiger partial charge in [-0.05, 0) is 43.4 Å². The fourth-order valence-corrected chi connectivity index (χ4v) is 3.31. The highest BCUT2D eigenvalue weighted by molar-refractivity contribution is 6.05. The Hall–Kier alpha value is -3.45. The standard InChI is InChI=1S/C22H21N3O4/c1-24-10-12-25(13-11-24)21(27)15-6-8-17(9-7-15)23-20(26)18-14-16-4-2-3-5-19(16)29-22(18)28/h2-9,14H,10-13H2,1H3,(H,23,26). The van der Waals surface area contributed by atoms with E-state index in [1.807, 2.05) is 11.9 Å². The van der Waals surface area contributed by atoms with E-state index in [-0.39, 0.29) is 11.5 Å². The molecule has 1 fully saturated rings. The Labute approximate surface area is 167 Å². The maximum absolute atomic E-state index is 12.6. The first kappa shape index (κ1) is 18.9. The van der Waals surface area contributed by atoms with Crippen molar-refractivity contribution in [3.63, 3.8) is 0 Å². The highest BCUT2D eigenvalue weighted by Gasteiger charge is 2.20. The van der Waals surface area contributed by atoms with Crippen molar-refractivity contribution < 1.29 is 14.0 Å². The molecule has 0 radical (unpaired) electrons. The quantitative estimate of drug-likeness (QED) is 0.694. The number of amides is 2. The molecule has 2 amide bonds. The molecule has 2 aromatic carbocycles. The largest absolute Gasteiger partial charge is 0.422 e. The number of anilines is 1. The summed E-state index contributed by atoms with van der Waals surface area (Å²) in [5.41, 5.74) is 0.737. The summed E-state index contributed by atoms with van der Waals surface area (Å²) < 4.78 is 5.21. The third-order valence-electron chi connectivity index (χ3n) is 5.07. The van der Waals surface area contributed by atoms with Crippen LogP contribution in [0.1, 0.15) is 20.7 Å². The molecule has 1 N–H and O–H groups in total. The summed E-state index contributed by atoms with van der Waals surface area (Å²) in [5, 5.41) is 3.36. The van der Waals surface area contributed by atoms with Crippen LogP contribution in [0.2, 0.25) is 0 Å². The van der Waals surface area contributed by atoms with Gasteiger partial charge in [-0.2, -0.15) is 0 Å². The summed E-state index contributed by atoms with van der Waals surface area (Å²) >= 11 is 0. The Morgan fingerprint density at radius 2 is 1.66 bits per heavy atom. The van der Waals surface area contributed by atoms with E-state index in [2.05, 4.69) is 10.2 Å². The SMILES string of the molecule is CN1CCN(C(=O)c2ccc(NC(=O)c3cc4ccccc4oc3=O)cc2)CC1. The van der Waals surface area contributed by atoms with Gasteiger partial charge in [0.1, 0.15) is 11.1 Å². The van der Waals surface area contributed by atoms with Gasteiger partial charge in [-0.1, -0.05) is 18.2 Å². The first-order valence-electron chi connectivity index (χ1n) is 9.43. The van der Waals surface area contributed by atoms with Crippen LogP contribution in [0.25, 0.3) is 11.0 Å². The zero-order valence-electron chi connectivity index (χ0n) is 16.1. The predicted octanol–water partition coefficient (Wildman–Crippen LogP) is 2.43. The Kier molecular flexibility index (Phi) is 5.14. The van der Waals surface area contributed by atoms with Gasteiger partial charge in [-0.15, -0.1) is 0 Å². The van der Waals surface area contributed by atoms with E-state index < -0.39 is 11.5 Å². The highest BCUT2D eigenvalue weighted by atomic mass is 16.4. The Balaban J connectivity index is 1.47. The molecule has 1 saturated heterocycles. The molecule has 4 rings (SSSR count). The monoisotopic (exact) mass is 391 g/mol. The minimum Gasteiger partial charge on any atom is -0.422 e. The minimum absolute atomic E-state index is 0.0221. The highest BCUT2D eigenvalue weighted by Crippen LogP contribution is 2.16. The van der Waals surface area contributed by atoms with Gasteiger partial charge in [0, 0.05) is 42.8 Å². The van der Waals surface area contributed by atoms with Crippen LogP contribution in [0.3, 0.4) is 0 Å². The van der Waals surface area contributed by atoms with Crippen molar-refractivity contribution >= 4 is 28.5 Å². The lowest BCUT2D eigenvalue weighted by Crippen LogP contribution is -2.47. The lowest BCUT2D eigenvalue weighted by molar-refractivity contribution is 0.0664. The van der Waals surface area contributed by atoms with Crippen molar-refractivity contribution in [2.24, 2.45) is 0 Å². The van der Waals surface area contributed by atoms with Crippen LogP contribution in [0.5, 0.6) is 0 Å². The number of fused-ring (bicyclic) bond motifs is 1. The Morgan fingerprint density at radius 3 is 2.38 bits per heavy atom. The van der Waals surface area contributed by atoms with Gasteiger partial charge in [-0.3, -0.25) is 9.59 Å². The normalized spacial score (nSPS) is 14.7. The van der Waals surface area contributed by atoms with Crippen molar-refractivity contribution in [1.82, 2.24) is 9.80 Å². The van der Waals surface area contributed by atoms with Crippen molar-refractivity contribution in [2.45, 2.75) is 0 Å². The zero-order chi connectivity index (χ0) is 20.4. The number of nitrogens with one attached hydrogen (secondary N) is 1. The van der Waals surface area contributed by atoms with Gasteiger partial charge in [0.25, 0.3) is 11.8 Å². The van der Waals surface area contributed by atoms with E-state index in [4.69, 9.17) is 4.42 Å². The van der Waals surface area contributed by atoms with Crippen molar-refractivity contribution in [1.29, 1.82) is 0 Å². The maximum Gasteiger partial charge on any atom is 0.349 e. The summed E-state index contributed by atoms with van der Waals surface area (Å²) in [6, 6.07) is 15.2. The van der Waals surface area contributed by atoms with E-state index in [9.17, 15) is 14.4 Å². The third kappa shape index (κ3) is 4.05. The number of hydrogen-bond donors (Lipinski definition) is 1. The average Bonchev–Trinajstić information content (AvgIpc) is 2.74. The summed E-state index contributed by atoms with van der Waals surface area (Å²) in [6.07, 6.45) is 0. The van der Waals surface area contributed by atoms with Gasteiger partial charge >= 0.3 is 5.63 Å². The maximum atomic E-state index is 12.6. The van der Waals surface area contributed by atoms with Crippen LogP contribution in [0.15, 0.2) is 63.8 Å². The first-order chi connectivity index (χ1) is 14.0. The summed E-state index contributed by atoms with van der Waals surface area (Å²) in [4.78, 5) is 41.3. The minimum atomic E-state index is -0.692. The second kappa shape index (κ2) is 7.89. The topological polar surface area (TPSA) is 82.9 Å². The summed E-state index contributed by atoms with van der Waals surface area (Å²) in [7, 11) is 2.04. The van der Waals surface area contributed by atoms with Crippen LogP contribution in [0, 0.1) is 0 Å². The summed E-state index contributed by atoms with van der Waals surface area (Å²) in [6.45, 7) is 3.11. The van der Waals surface area contributed by atoms with Gasteiger partial charge in [-0.25, -0.2) is 4.79 Å². The molecule has 1 aliphatic rings. The number of rotatable bonds is 3. The molecule has 2 heterocycles. The molecule has 148 valence electrons. The average molecular weight is 391 g/mol. The molecule has 0 spiro atoms. The number of para-hydroxylation sites is 1. The second-order valence-corrected chi connectivity index (χ2v) is 7.11. The van der Waals surface area contributed by atoms with Crippen molar-refractivity contribution in [3.05, 3.63) is 76.1 Å². The molecule has 1 aliphatic heterocycles. The lowest BCUT2D eigenvalue weighted by atomic mass is 10.1. The van der Waals surface area contributed by atoms with Crippen LogP contribution < -0.4 is 10.9 Å². The van der Waals surface area contributed by atoms with Crippen LogP contribution in [-0.4, -0.2) is 54.8 Å². The van der Waals surface area contributed by atoms with E-state index in [1.165, 1.54) is 6.07 Å². The number of carbonyl (C=O) groups is 2. The Morgan fingerprint density at radius 1 is 0.966 bits per heavy atom.